The van der Waals surface area contributed by atoms with Crippen molar-refractivity contribution in [2.75, 3.05) is 5.73 Å². The average Bonchev–Trinajstić information content (AvgIpc) is 3.02. The Balaban J connectivity index is 2.09. The summed E-state index contributed by atoms with van der Waals surface area (Å²) in [4.78, 5) is 4.13. The molecule has 0 spiro atoms. The molecule has 3 rings (SSSR count). The molecule has 18 heavy (non-hydrogen) atoms. The van der Waals surface area contributed by atoms with Crippen molar-refractivity contribution in [3.63, 3.8) is 0 Å². The lowest BCUT2D eigenvalue weighted by Crippen LogP contribution is -1.98. The highest BCUT2D eigenvalue weighted by atomic mass is 16.3. The van der Waals surface area contributed by atoms with Crippen molar-refractivity contribution in [1.29, 1.82) is 0 Å². The van der Waals surface area contributed by atoms with Crippen molar-refractivity contribution in [3.05, 3.63) is 42.9 Å². The van der Waals surface area contributed by atoms with E-state index in [0.29, 0.717) is 11.7 Å². The largest absolute Gasteiger partial charge is 0.445 e. The van der Waals surface area contributed by atoms with E-state index in [9.17, 15) is 0 Å². The molecule has 0 atom stereocenters. The average molecular weight is 240 g/mol. The van der Waals surface area contributed by atoms with Crippen LogP contribution in [0.25, 0.3) is 22.6 Å². The van der Waals surface area contributed by atoms with E-state index in [1.54, 1.807) is 23.3 Å². The molecule has 2 N–H and O–H groups in total. The maximum absolute atomic E-state index is 5.96. The summed E-state index contributed by atoms with van der Waals surface area (Å²) in [7, 11) is 1.82. The second kappa shape index (κ2) is 4.03. The fraction of sp³-hybridized carbons (Fsp3) is 0.0769. The Labute approximate surface area is 104 Å². The third kappa shape index (κ3) is 1.66. The highest BCUT2D eigenvalue weighted by molar-refractivity contribution is 5.76. The smallest absolute Gasteiger partial charge is 0.225 e. The standard InChI is InChI=1S/C13H12N4O/c1-17-12(14)11(8-16-17)9-3-2-4-10(7-9)13-15-5-6-18-13/h2-8H,14H2,1H3. The predicted octanol–water partition coefficient (Wildman–Crippen LogP) is 2.32. The van der Waals surface area contributed by atoms with Gasteiger partial charge in [0.25, 0.3) is 0 Å². The van der Waals surface area contributed by atoms with Crippen LogP contribution in [0, 0.1) is 0 Å². The van der Waals surface area contributed by atoms with Crippen LogP contribution in [-0.4, -0.2) is 14.8 Å². The lowest BCUT2D eigenvalue weighted by Gasteiger charge is -2.02. The summed E-state index contributed by atoms with van der Waals surface area (Å²) in [5, 5.41) is 4.14. The summed E-state index contributed by atoms with van der Waals surface area (Å²) in [6.07, 6.45) is 4.94. The maximum Gasteiger partial charge on any atom is 0.225 e. The second-order valence-corrected chi connectivity index (χ2v) is 3.99. The summed E-state index contributed by atoms with van der Waals surface area (Å²) in [6.45, 7) is 0. The molecular weight excluding hydrogens is 228 g/mol. The van der Waals surface area contributed by atoms with E-state index in [4.69, 9.17) is 10.2 Å². The first kappa shape index (κ1) is 10.6. The van der Waals surface area contributed by atoms with Gasteiger partial charge in [-0.05, 0) is 17.7 Å². The van der Waals surface area contributed by atoms with Gasteiger partial charge in [-0.15, -0.1) is 0 Å². The fourth-order valence-corrected chi connectivity index (χ4v) is 1.86. The second-order valence-electron chi connectivity index (χ2n) is 3.99. The number of anilines is 1. The number of aryl methyl sites for hydroxylation is 1. The molecule has 0 amide bonds. The van der Waals surface area contributed by atoms with E-state index in [0.717, 1.165) is 16.7 Å². The number of nitrogens with zero attached hydrogens (tertiary/aromatic N) is 3. The molecule has 0 radical (unpaired) electrons. The van der Waals surface area contributed by atoms with Crippen molar-refractivity contribution in [2.45, 2.75) is 0 Å². The number of hydrogen-bond acceptors (Lipinski definition) is 4. The molecule has 5 nitrogen and oxygen atoms in total. The summed E-state index contributed by atoms with van der Waals surface area (Å²) in [5.41, 5.74) is 8.79. The van der Waals surface area contributed by atoms with E-state index in [1.165, 1.54) is 0 Å². The molecule has 0 bridgehead atoms. The van der Waals surface area contributed by atoms with Crippen LogP contribution in [0.2, 0.25) is 0 Å². The molecule has 0 saturated carbocycles. The molecule has 0 aliphatic heterocycles. The van der Waals surface area contributed by atoms with Gasteiger partial charge < -0.3 is 10.2 Å². The van der Waals surface area contributed by atoms with Crippen molar-refractivity contribution in [1.82, 2.24) is 14.8 Å². The van der Waals surface area contributed by atoms with Gasteiger partial charge >= 0.3 is 0 Å². The number of nitrogens with two attached hydrogens (primary N) is 1. The Morgan fingerprint density at radius 2 is 2.11 bits per heavy atom. The van der Waals surface area contributed by atoms with Crippen molar-refractivity contribution < 1.29 is 4.42 Å². The Morgan fingerprint density at radius 1 is 1.28 bits per heavy atom. The van der Waals surface area contributed by atoms with Crippen LogP contribution < -0.4 is 5.73 Å². The first-order valence-electron chi connectivity index (χ1n) is 5.53. The zero-order valence-corrected chi connectivity index (χ0v) is 9.87. The van der Waals surface area contributed by atoms with Crippen LogP contribution in [0.4, 0.5) is 5.82 Å². The number of oxazole rings is 1. The molecule has 3 aromatic rings. The van der Waals surface area contributed by atoms with Gasteiger partial charge in [0, 0.05) is 18.2 Å². The molecular formula is C13H12N4O. The quantitative estimate of drug-likeness (QED) is 0.746. The normalized spacial score (nSPS) is 10.7. The summed E-state index contributed by atoms with van der Waals surface area (Å²) < 4.78 is 6.93. The van der Waals surface area contributed by atoms with E-state index < -0.39 is 0 Å². The minimum Gasteiger partial charge on any atom is -0.445 e. The van der Waals surface area contributed by atoms with Gasteiger partial charge in [-0.1, -0.05) is 12.1 Å². The predicted molar refractivity (Wildman–Crippen MR) is 68.6 cm³/mol. The molecule has 0 fully saturated rings. The van der Waals surface area contributed by atoms with Gasteiger partial charge in [0.2, 0.25) is 5.89 Å². The molecule has 1 aromatic carbocycles. The molecule has 0 unspecified atom stereocenters. The SMILES string of the molecule is Cn1ncc(-c2cccc(-c3ncco3)c2)c1N. The fourth-order valence-electron chi connectivity index (χ4n) is 1.86. The van der Waals surface area contributed by atoms with Crippen LogP contribution in [0.15, 0.2) is 47.3 Å². The molecule has 5 heteroatoms. The summed E-state index contributed by atoms with van der Waals surface area (Å²) in [5.74, 6) is 1.24. The highest BCUT2D eigenvalue weighted by Crippen LogP contribution is 2.28. The van der Waals surface area contributed by atoms with E-state index >= 15 is 0 Å². The number of benzene rings is 1. The summed E-state index contributed by atoms with van der Waals surface area (Å²) in [6, 6.07) is 7.86. The van der Waals surface area contributed by atoms with Crippen LogP contribution >= 0.6 is 0 Å². The zero-order valence-electron chi connectivity index (χ0n) is 9.87. The Kier molecular flexibility index (Phi) is 2.37. The van der Waals surface area contributed by atoms with Gasteiger partial charge in [0.05, 0.1) is 12.4 Å². The van der Waals surface area contributed by atoms with E-state index in [-0.39, 0.29) is 0 Å². The number of aromatic nitrogens is 3. The monoisotopic (exact) mass is 240 g/mol. The minimum absolute atomic E-state index is 0.597. The Bertz CT molecular complexity index is 670. The molecule has 0 saturated heterocycles. The van der Waals surface area contributed by atoms with Gasteiger partial charge in [-0.25, -0.2) is 4.98 Å². The van der Waals surface area contributed by atoms with E-state index in [2.05, 4.69) is 10.1 Å². The number of rotatable bonds is 2. The molecule has 90 valence electrons. The van der Waals surface area contributed by atoms with Crippen LogP contribution in [0.5, 0.6) is 0 Å². The lowest BCUT2D eigenvalue weighted by atomic mass is 10.1. The first-order chi connectivity index (χ1) is 8.75. The Morgan fingerprint density at radius 3 is 2.78 bits per heavy atom. The number of nitrogen functional groups attached to an aromatic ring is 1. The van der Waals surface area contributed by atoms with Crippen molar-refractivity contribution >= 4 is 5.82 Å². The molecule has 0 aliphatic carbocycles. The third-order valence-corrected chi connectivity index (χ3v) is 2.84. The van der Waals surface area contributed by atoms with Crippen LogP contribution in [0.3, 0.4) is 0 Å². The topological polar surface area (TPSA) is 69.9 Å². The van der Waals surface area contributed by atoms with E-state index in [1.807, 2.05) is 31.3 Å². The van der Waals surface area contributed by atoms with Crippen LogP contribution in [-0.2, 0) is 7.05 Å². The van der Waals surface area contributed by atoms with Gasteiger partial charge in [0.15, 0.2) is 0 Å². The van der Waals surface area contributed by atoms with Gasteiger partial charge in [-0.3, -0.25) is 4.68 Å². The highest BCUT2D eigenvalue weighted by Gasteiger charge is 2.09. The molecule has 2 heterocycles. The van der Waals surface area contributed by atoms with Gasteiger partial charge in [0.1, 0.15) is 12.1 Å². The van der Waals surface area contributed by atoms with Crippen LogP contribution in [0.1, 0.15) is 0 Å². The van der Waals surface area contributed by atoms with Gasteiger partial charge in [-0.2, -0.15) is 5.10 Å². The minimum atomic E-state index is 0.597. The maximum atomic E-state index is 5.96. The van der Waals surface area contributed by atoms with Crippen molar-refractivity contribution in [3.8, 4) is 22.6 Å². The number of hydrogen-bond donors (Lipinski definition) is 1. The molecule has 2 aromatic heterocycles. The summed E-state index contributed by atoms with van der Waals surface area (Å²) >= 11 is 0. The first-order valence-corrected chi connectivity index (χ1v) is 5.53. The Hall–Kier alpha value is -2.56. The lowest BCUT2D eigenvalue weighted by molar-refractivity contribution is 0.574. The molecule has 0 aliphatic rings. The van der Waals surface area contributed by atoms with Crippen molar-refractivity contribution in [2.24, 2.45) is 7.05 Å². The third-order valence-electron chi connectivity index (χ3n) is 2.84. The zero-order chi connectivity index (χ0) is 12.5.